The molecule has 3 heterocycles. The number of nitrogens with two attached hydrogens (primary N) is 1. The van der Waals surface area contributed by atoms with Gasteiger partial charge in [-0.1, -0.05) is 23.7 Å². The molecule has 1 saturated heterocycles. The van der Waals surface area contributed by atoms with Crippen LogP contribution in [-0.2, 0) is 17.5 Å². The number of hydrogen-bond donors (Lipinski definition) is 1. The lowest BCUT2D eigenvalue weighted by Crippen LogP contribution is -2.43. The van der Waals surface area contributed by atoms with Crippen LogP contribution in [-0.4, -0.2) is 49.2 Å². The molecule has 3 aromatic rings. The summed E-state index contributed by atoms with van der Waals surface area (Å²) < 4.78 is 48.3. The Labute approximate surface area is 234 Å². The Hall–Kier alpha value is -3.72. The summed E-state index contributed by atoms with van der Waals surface area (Å²) in [5.74, 6) is 0.244. The van der Waals surface area contributed by atoms with Crippen molar-refractivity contribution in [2.75, 3.05) is 18.8 Å². The number of halogens is 4. The standard InChI is InChI=1S/C27H29ClF3N7O2/c1-25(2,3)40-24(39)36-8-7-26(15-36)9-18(10-26)38-23(33)19(11-32)22(35-38)17-12-34-37(14-17)13-16-5-4-6-20(21(16)28)27(29,30)31/h4-6,12,14,18H,7-10,13,15,33H2,1-3H3. The first-order valence-corrected chi connectivity index (χ1v) is 13.2. The zero-order chi connectivity index (χ0) is 29.0. The van der Waals surface area contributed by atoms with E-state index in [1.165, 1.54) is 23.0 Å². The number of aromatic nitrogens is 4. The normalized spacial score (nSPS) is 20.9. The van der Waals surface area contributed by atoms with Gasteiger partial charge in [-0.3, -0.25) is 4.68 Å². The predicted molar refractivity (Wildman–Crippen MR) is 141 cm³/mol. The Morgan fingerprint density at radius 1 is 1.30 bits per heavy atom. The number of benzene rings is 1. The molecule has 212 valence electrons. The molecule has 1 saturated carbocycles. The molecule has 1 aromatic carbocycles. The summed E-state index contributed by atoms with van der Waals surface area (Å²) in [5, 5.41) is 18.4. The number of nitrogen functional groups attached to an aromatic ring is 1. The van der Waals surface area contributed by atoms with Gasteiger partial charge in [0.05, 0.1) is 29.4 Å². The van der Waals surface area contributed by atoms with Gasteiger partial charge in [0.2, 0.25) is 0 Å². The Morgan fingerprint density at radius 3 is 2.67 bits per heavy atom. The second-order valence-electron chi connectivity index (χ2n) is 11.6. The molecule has 0 bridgehead atoms. The van der Waals surface area contributed by atoms with Crippen LogP contribution >= 0.6 is 11.6 Å². The highest BCUT2D eigenvalue weighted by atomic mass is 35.5. The van der Waals surface area contributed by atoms with Crippen molar-refractivity contribution in [1.29, 1.82) is 5.26 Å². The molecule has 1 spiro atoms. The van der Waals surface area contributed by atoms with Crippen LogP contribution in [0.1, 0.15) is 62.8 Å². The van der Waals surface area contributed by atoms with Gasteiger partial charge >= 0.3 is 12.3 Å². The van der Waals surface area contributed by atoms with Gasteiger partial charge in [-0.15, -0.1) is 0 Å². The molecule has 0 atom stereocenters. The second kappa shape index (κ2) is 9.73. The van der Waals surface area contributed by atoms with Gasteiger partial charge in [0.25, 0.3) is 0 Å². The van der Waals surface area contributed by atoms with E-state index in [1.807, 2.05) is 20.8 Å². The third-order valence-corrected chi connectivity index (χ3v) is 7.90. The van der Waals surface area contributed by atoms with Crippen molar-refractivity contribution >= 4 is 23.5 Å². The maximum atomic E-state index is 13.2. The first-order valence-electron chi connectivity index (χ1n) is 12.8. The molecular weight excluding hydrogens is 547 g/mol. The van der Waals surface area contributed by atoms with Gasteiger partial charge in [-0.05, 0) is 57.1 Å². The fraction of sp³-hybridized carbons (Fsp3) is 0.481. The Bertz CT molecular complexity index is 1490. The highest BCUT2D eigenvalue weighted by Crippen LogP contribution is 2.55. The molecule has 2 fully saturated rings. The highest BCUT2D eigenvalue weighted by Gasteiger charge is 2.51. The summed E-state index contributed by atoms with van der Waals surface area (Å²) in [4.78, 5) is 14.2. The number of ether oxygens (including phenoxy) is 1. The third-order valence-electron chi connectivity index (χ3n) is 7.46. The first-order chi connectivity index (χ1) is 18.7. The van der Waals surface area contributed by atoms with Crippen molar-refractivity contribution in [2.45, 2.75) is 64.4 Å². The Kier molecular flexibility index (Phi) is 6.77. The van der Waals surface area contributed by atoms with Crippen molar-refractivity contribution in [3.05, 3.63) is 52.3 Å². The van der Waals surface area contributed by atoms with Crippen molar-refractivity contribution in [2.24, 2.45) is 5.41 Å². The number of rotatable bonds is 4. The molecule has 1 amide bonds. The van der Waals surface area contributed by atoms with Crippen molar-refractivity contribution in [3.63, 3.8) is 0 Å². The minimum absolute atomic E-state index is 0.000123. The molecule has 13 heteroatoms. The largest absolute Gasteiger partial charge is 0.444 e. The van der Waals surface area contributed by atoms with E-state index in [-0.39, 0.29) is 46.1 Å². The number of carbonyl (C=O) groups is 1. The molecule has 0 radical (unpaired) electrons. The summed E-state index contributed by atoms with van der Waals surface area (Å²) in [6.07, 6.45) is 0.580. The van der Waals surface area contributed by atoms with Crippen LogP contribution in [0.25, 0.3) is 11.3 Å². The van der Waals surface area contributed by atoms with Gasteiger partial charge in [0.1, 0.15) is 28.7 Å². The van der Waals surface area contributed by atoms with E-state index < -0.39 is 17.3 Å². The minimum Gasteiger partial charge on any atom is -0.444 e. The zero-order valence-electron chi connectivity index (χ0n) is 22.3. The van der Waals surface area contributed by atoms with Crippen LogP contribution in [0, 0.1) is 16.7 Å². The molecular formula is C27H29ClF3N7O2. The summed E-state index contributed by atoms with van der Waals surface area (Å²) in [5.41, 5.74) is 6.16. The lowest BCUT2D eigenvalue weighted by molar-refractivity contribution is -0.137. The number of carbonyl (C=O) groups excluding carboxylic acids is 1. The van der Waals surface area contributed by atoms with Gasteiger partial charge in [-0.25, -0.2) is 9.48 Å². The summed E-state index contributed by atoms with van der Waals surface area (Å²) in [7, 11) is 0. The average Bonchev–Trinajstić information content (AvgIpc) is 3.55. The number of likely N-dealkylation sites (tertiary alicyclic amines) is 1. The maximum absolute atomic E-state index is 13.2. The smallest absolute Gasteiger partial charge is 0.417 e. The number of alkyl halides is 3. The monoisotopic (exact) mass is 575 g/mol. The number of nitrogens with zero attached hydrogens (tertiary/aromatic N) is 6. The predicted octanol–water partition coefficient (Wildman–Crippen LogP) is 5.88. The molecule has 2 N–H and O–H groups in total. The molecule has 2 aromatic heterocycles. The van der Waals surface area contributed by atoms with Crippen LogP contribution in [0.3, 0.4) is 0 Å². The van der Waals surface area contributed by atoms with E-state index in [9.17, 15) is 23.2 Å². The van der Waals surface area contributed by atoms with E-state index in [4.69, 9.17) is 22.1 Å². The fourth-order valence-corrected chi connectivity index (χ4v) is 5.86. The van der Waals surface area contributed by atoms with Crippen molar-refractivity contribution < 1.29 is 22.7 Å². The topological polar surface area (TPSA) is 115 Å². The second-order valence-corrected chi connectivity index (χ2v) is 12.0. The van der Waals surface area contributed by atoms with Gasteiger partial charge in [0, 0.05) is 24.8 Å². The number of amides is 1. The van der Waals surface area contributed by atoms with Crippen molar-refractivity contribution in [1.82, 2.24) is 24.5 Å². The molecule has 1 aliphatic carbocycles. The lowest BCUT2D eigenvalue weighted by Gasteiger charge is -2.45. The summed E-state index contributed by atoms with van der Waals surface area (Å²) in [6.45, 7) is 6.74. The van der Waals surface area contributed by atoms with E-state index in [0.29, 0.717) is 24.3 Å². The third kappa shape index (κ3) is 5.22. The lowest BCUT2D eigenvalue weighted by atomic mass is 9.65. The van der Waals surface area contributed by atoms with Crippen LogP contribution in [0.4, 0.5) is 23.8 Å². The summed E-state index contributed by atoms with van der Waals surface area (Å²) in [6, 6.07) is 5.83. The van der Waals surface area contributed by atoms with Crippen LogP contribution in [0.5, 0.6) is 0 Å². The fourth-order valence-electron chi connectivity index (χ4n) is 5.57. The van der Waals surface area contributed by atoms with Gasteiger partial charge < -0.3 is 15.4 Å². The van der Waals surface area contributed by atoms with E-state index in [2.05, 4.69) is 16.3 Å². The number of hydrogen-bond acceptors (Lipinski definition) is 6. The zero-order valence-corrected chi connectivity index (χ0v) is 23.1. The summed E-state index contributed by atoms with van der Waals surface area (Å²) >= 11 is 6.04. The molecule has 2 aliphatic rings. The molecule has 1 aliphatic heterocycles. The van der Waals surface area contributed by atoms with E-state index in [1.54, 1.807) is 15.8 Å². The Balaban J connectivity index is 1.31. The van der Waals surface area contributed by atoms with E-state index in [0.717, 1.165) is 25.3 Å². The van der Waals surface area contributed by atoms with Gasteiger partial charge in [-0.2, -0.15) is 28.6 Å². The molecule has 9 nitrogen and oxygen atoms in total. The number of nitriles is 1. The van der Waals surface area contributed by atoms with E-state index >= 15 is 0 Å². The highest BCUT2D eigenvalue weighted by molar-refractivity contribution is 6.32. The SMILES string of the molecule is CC(C)(C)OC(=O)N1CCC2(CC(n3nc(-c4cnn(Cc5cccc(C(F)(F)F)c5Cl)c4)c(C#N)c3N)C2)C1. The number of anilines is 1. The average molecular weight is 576 g/mol. The molecule has 0 unspecified atom stereocenters. The molecule has 5 rings (SSSR count). The minimum atomic E-state index is -4.57. The first kappa shape index (κ1) is 27.8. The quantitative estimate of drug-likeness (QED) is 0.415. The van der Waals surface area contributed by atoms with Crippen LogP contribution in [0.2, 0.25) is 5.02 Å². The Morgan fingerprint density at radius 2 is 2.02 bits per heavy atom. The van der Waals surface area contributed by atoms with Crippen LogP contribution < -0.4 is 5.73 Å². The van der Waals surface area contributed by atoms with Crippen molar-refractivity contribution in [3.8, 4) is 17.3 Å². The maximum Gasteiger partial charge on any atom is 0.417 e. The van der Waals surface area contributed by atoms with Gasteiger partial charge in [0.15, 0.2) is 0 Å². The molecule has 40 heavy (non-hydrogen) atoms. The van der Waals surface area contributed by atoms with Crippen LogP contribution in [0.15, 0.2) is 30.6 Å².